The van der Waals surface area contributed by atoms with E-state index >= 15 is 0 Å². The number of hydrogen-bond acceptors (Lipinski definition) is 3. The number of nitrogens with zero attached hydrogens (tertiary/aromatic N) is 1. The Morgan fingerprint density at radius 2 is 2.27 bits per heavy atom. The molecule has 0 amide bonds. The van der Waals surface area contributed by atoms with Crippen LogP contribution in [-0.2, 0) is 6.54 Å². The van der Waals surface area contributed by atoms with E-state index in [9.17, 15) is 4.39 Å². The largest absolute Gasteiger partial charge is 0.339 e. The third-order valence-electron chi connectivity index (χ3n) is 1.97. The van der Waals surface area contributed by atoms with Gasteiger partial charge in [0.1, 0.15) is 5.82 Å². The van der Waals surface area contributed by atoms with E-state index in [-0.39, 0.29) is 5.82 Å². The van der Waals surface area contributed by atoms with Crippen LogP contribution in [0.2, 0.25) is 0 Å². The number of nitrogens with one attached hydrogen (secondary N) is 2. The highest BCUT2D eigenvalue weighted by Crippen LogP contribution is 2.17. The Bertz CT molecular complexity index is 439. The van der Waals surface area contributed by atoms with E-state index in [1.807, 2.05) is 0 Å². The van der Waals surface area contributed by atoms with Crippen molar-refractivity contribution in [3.8, 4) is 0 Å². The van der Waals surface area contributed by atoms with Crippen LogP contribution in [-0.4, -0.2) is 10.2 Å². The van der Waals surface area contributed by atoms with Gasteiger partial charge in [0, 0.05) is 24.5 Å². The Balaban J connectivity index is 2.24. The van der Waals surface area contributed by atoms with Crippen LogP contribution in [0, 0.1) is 5.82 Å². The highest BCUT2D eigenvalue weighted by Gasteiger charge is 2.01. The van der Waals surface area contributed by atoms with Gasteiger partial charge in [-0.2, -0.15) is 5.10 Å². The third-order valence-corrected chi connectivity index (χ3v) is 1.97. The molecule has 0 radical (unpaired) electrons. The molecule has 0 bridgehead atoms. The number of H-pyrrole nitrogens is 1. The van der Waals surface area contributed by atoms with Gasteiger partial charge in [0.15, 0.2) is 5.82 Å². The maximum atomic E-state index is 13.1. The highest BCUT2D eigenvalue weighted by atomic mass is 19.1. The summed E-state index contributed by atoms with van der Waals surface area (Å²) in [7, 11) is 0. The lowest BCUT2D eigenvalue weighted by molar-refractivity contribution is 0.626. The standard InChI is InChI=1S/C10H11FN4/c11-8-3-7(6-12)4-9(5-8)14-10-1-2-13-15-10/h1-5H,6,12H2,(H2,13,14,15). The Labute approximate surface area is 86.3 Å². The van der Waals surface area contributed by atoms with E-state index in [2.05, 4.69) is 15.5 Å². The number of hydrogen-bond donors (Lipinski definition) is 3. The Kier molecular flexibility index (Phi) is 2.64. The zero-order valence-corrected chi connectivity index (χ0v) is 8.00. The molecule has 2 aromatic rings. The number of anilines is 2. The van der Waals surface area contributed by atoms with Gasteiger partial charge in [-0.3, -0.25) is 5.10 Å². The summed E-state index contributed by atoms with van der Waals surface area (Å²) < 4.78 is 13.1. The smallest absolute Gasteiger partial charge is 0.152 e. The van der Waals surface area contributed by atoms with Gasteiger partial charge in [0.05, 0.1) is 0 Å². The molecule has 1 aromatic carbocycles. The highest BCUT2D eigenvalue weighted by molar-refractivity contribution is 5.56. The van der Waals surface area contributed by atoms with E-state index in [0.29, 0.717) is 18.1 Å². The molecular weight excluding hydrogens is 195 g/mol. The van der Waals surface area contributed by atoms with E-state index in [1.54, 1.807) is 18.3 Å². The van der Waals surface area contributed by atoms with Crippen LogP contribution < -0.4 is 11.1 Å². The molecule has 0 unspecified atom stereocenters. The second kappa shape index (κ2) is 4.10. The van der Waals surface area contributed by atoms with Crippen LogP contribution in [0.3, 0.4) is 0 Å². The molecule has 78 valence electrons. The van der Waals surface area contributed by atoms with Crippen molar-refractivity contribution in [3.63, 3.8) is 0 Å². The summed E-state index contributed by atoms with van der Waals surface area (Å²) in [5.74, 6) is 0.333. The van der Waals surface area contributed by atoms with E-state index in [0.717, 1.165) is 5.56 Å². The first-order chi connectivity index (χ1) is 7.28. The minimum atomic E-state index is -0.309. The molecule has 5 heteroatoms. The zero-order valence-electron chi connectivity index (χ0n) is 8.00. The first-order valence-electron chi connectivity index (χ1n) is 4.54. The molecule has 1 heterocycles. The number of halogens is 1. The quantitative estimate of drug-likeness (QED) is 0.716. The summed E-state index contributed by atoms with van der Waals surface area (Å²) in [6.07, 6.45) is 1.69. The van der Waals surface area contributed by atoms with Crippen molar-refractivity contribution < 1.29 is 4.39 Å². The minimum absolute atomic E-state index is 0.309. The fraction of sp³-hybridized carbons (Fsp3) is 0.100. The van der Waals surface area contributed by atoms with Crippen LogP contribution in [0.5, 0.6) is 0 Å². The third kappa shape index (κ3) is 2.32. The second-order valence-corrected chi connectivity index (χ2v) is 3.14. The Morgan fingerprint density at radius 3 is 2.93 bits per heavy atom. The fourth-order valence-corrected chi connectivity index (χ4v) is 1.32. The molecule has 0 aliphatic rings. The van der Waals surface area contributed by atoms with Crippen molar-refractivity contribution in [2.75, 3.05) is 5.32 Å². The van der Waals surface area contributed by atoms with E-state index in [1.165, 1.54) is 12.1 Å². The van der Waals surface area contributed by atoms with Crippen LogP contribution in [0.1, 0.15) is 5.56 Å². The van der Waals surface area contributed by atoms with Crippen molar-refractivity contribution in [3.05, 3.63) is 41.8 Å². The number of aromatic amines is 1. The summed E-state index contributed by atoms with van der Waals surface area (Å²) >= 11 is 0. The number of rotatable bonds is 3. The first kappa shape index (κ1) is 9.67. The van der Waals surface area contributed by atoms with Crippen molar-refractivity contribution in [1.82, 2.24) is 10.2 Å². The molecule has 0 aliphatic carbocycles. The van der Waals surface area contributed by atoms with Crippen molar-refractivity contribution >= 4 is 11.5 Å². The molecule has 4 N–H and O–H groups in total. The summed E-state index contributed by atoms with van der Waals surface area (Å²) in [5.41, 5.74) is 6.83. The van der Waals surface area contributed by atoms with E-state index < -0.39 is 0 Å². The topological polar surface area (TPSA) is 66.7 Å². The Hall–Kier alpha value is -1.88. The van der Waals surface area contributed by atoms with Gasteiger partial charge in [-0.1, -0.05) is 0 Å². The molecule has 4 nitrogen and oxygen atoms in total. The SMILES string of the molecule is NCc1cc(F)cc(Nc2cc[nH]n2)c1. The summed E-state index contributed by atoms with van der Waals surface area (Å²) in [4.78, 5) is 0. The van der Waals surface area contributed by atoms with Crippen molar-refractivity contribution in [2.24, 2.45) is 5.73 Å². The van der Waals surface area contributed by atoms with Gasteiger partial charge in [0.2, 0.25) is 0 Å². The zero-order chi connectivity index (χ0) is 10.7. The molecule has 0 saturated carbocycles. The average molecular weight is 206 g/mol. The molecule has 1 aromatic heterocycles. The lowest BCUT2D eigenvalue weighted by atomic mass is 10.2. The molecule has 0 saturated heterocycles. The van der Waals surface area contributed by atoms with Crippen LogP contribution >= 0.6 is 0 Å². The normalized spacial score (nSPS) is 10.3. The van der Waals surface area contributed by atoms with Crippen LogP contribution in [0.4, 0.5) is 15.9 Å². The lowest BCUT2D eigenvalue weighted by Gasteiger charge is -2.05. The van der Waals surface area contributed by atoms with Gasteiger partial charge in [-0.05, 0) is 23.8 Å². The predicted octanol–water partition coefficient (Wildman–Crippen LogP) is 1.75. The molecule has 0 aliphatic heterocycles. The number of benzene rings is 1. The van der Waals surface area contributed by atoms with Crippen molar-refractivity contribution in [1.29, 1.82) is 0 Å². The fourth-order valence-electron chi connectivity index (χ4n) is 1.32. The van der Waals surface area contributed by atoms with Crippen molar-refractivity contribution in [2.45, 2.75) is 6.54 Å². The van der Waals surface area contributed by atoms with E-state index in [4.69, 9.17) is 5.73 Å². The molecular formula is C10H11FN4. The van der Waals surface area contributed by atoms with Gasteiger partial charge < -0.3 is 11.1 Å². The Morgan fingerprint density at radius 1 is 1.40 bits per heavy atom. The number of aromatic nitrogens is 2. The summed E-state index contributed by atoms with van der Waals surface area (Å²) in [6.45, 7) is 0.313. The number of nitrogens with two attached hydrogens (primary N) is 1. The molecule has 2 rings (SSSR count). The molecule has 15 heavy (non-hydrogen) atoms. The predicted molar refractivity (Wildman–Crippen MR) is 56.2 cm³/mol. The maximum absolute atomic E-state index is 13.1. The van der Waals surface area contributed by atoms with Gasteiger partial charge in [-0.15, -0.1) is 0 Å². The maximum Gasteiger partial charge on any atom is 0.152 e. The monoisotopic (exact) mass is 206 g/mol. The minimum Gasteiger partial charge on any atom is -0.339 e. The van der Waals surface area contributed by atoms with Gasteiger partial charge in [0.25, 0.3) is 0 Å². The lowest BCUT2D eigenvalue weighted by Crippen LogP contribution is -1.99. The average Bonchev–Trinajstić information content (AvgIpc) is 2.69. The van der Waals surface area contributed by atoms with Gasteiger partial charge >= 0.3 is 0 Å². The van der Waals surface area contributed by atoms with Crippen LogP contribution in [0.15, 0.2) is 30.5 Å². The molecule has 0 fully saturated rings. The first-order valence-corrected chi connectivity index (χ1v) is 4.54. The second-order valence-electron chi connectivity index (χ2n) is 3.14. The van der Waals surface area contributed by atoms with Gasteiger partial charge in [-0.25, -0.2) is 4.39 Å². The van der Waals surface area contributed by atoms with Crippen LogP contribution in [0.25, 0.3) is 0 Å². The molecule has 0 atom stereocenters. The summed E-state index contributed by atoms with van der Waals surface area (Å²) in [5, 5.41) is 9.53. The summed E-state index contributed by atoms with van der Waals surface area (Å²) in [6, 6.07) is 6.36. The molecule has 0 spiro atoms.